The van der Waals surface area contributed by atoms with E-state index < -0.39 is 12.1 Å². The summed E-state index contributed by atoms with van der Waals surface area (Å²) in [6, 6.07) is 1.71. The molecule has 0 atom stereocenters. The maximum atomic E-state index is 12.4. The van der Waals surface area contributed by atoms with Gasteiger partial charge in [0.05, 0.1) is 23.3 Å². The van der Waals surface area contributed by atoms with Crippen molar-refractivity contribution in [1.29, 1.82) is 0 Å². The van der Waals surface area contributed by atoms with Crippen molar-refractivity contribution >= 4 is 11.0 Å². The van der Waals surface area contributed by atoms with E-state index in [1.165, 1.54) is 0 Å². The molecule has 3 rings (SSSR count). The van der Waals surface area contributed by atoms with Crippen LogP contribution in [-0.4, -0.2) is 21.1 Å². The van der Waals surface area contributed by atoms with Crippen molar-refractivity contribution in [3.8, 4) is 0 Å². The lowest BCUT2D eigenvalue weighted by molar-refractivity contribution is -0.197. The van der Waals surface area contributed by atoms with E-state index in [1.807, 2.05) is 0 Å². The van der Waals surface area contributed by atoms with Crippen LogP contribution in [0.1, 0.15) is 24.5 Å². The molecule has 2 heterocycles. The number of nitrogens with zero attached hydrogens (tertiary/aromatic N) is 3. The summed E-state index contributed by atoms with van der Waals surface area (Å²) in [5.41, 5.74) is 1.99. The van der Waals surface area contributed by atoms with Crippen molar-refractivity contribution in [1.82, 2.24) is 15.0 Å². The summed E-state index contributed by atoms with van der Waals surface area (Å²) in [7, 11) is 0. The second kappa shape index (κ2) is 3.90. The fourth-order valence-corrected chi connectivity index (χ4v) is 2.20. The molecule has 0 N–H and O–H groups in total. The minimum Gasteiger partial charge on any atom is -0.262 e. The first-order valence-electron chi connectivity index (χ1n) is 5.67. The lowest BCUT2D eigenvalue weighted by Gasteiger charge is -2.35. The molecule has 1 saturated carbocycles. The Balaban J connectivity index is 1.81. The van der Waals surface area contributed by atoms with E-state index in [0.717, 1.165) is 0 Å². The quantitative estimate of drug-likeness (QED) is 0.783. The zero-order valence-corrected chi connectivity index (χ0v) is 9.35. The van der Waals surface area contributed by atoms with E-state index in [1.54, 1.807) is 24.7 Å². The van der Waals surface area contributed by atoms with Crippen LogP contribution < -0.4 is 0 Å². The van der Waals surface area contributed by atoms with Gasteiger partial charge in [0.2, 0.25) is 0 Å². The predicted molar refractivity (Wildman–Crippen MR) is 58.9 cm³/mol. The summed E-state index contributed by atoms with van der Waals surface area (Å²) in [4.78, 5) is 12.4. The Kier molecular flexibility index (Phi) is 2.46. The molecule has 1 aliphatic carbocycles. The molecule has 6 heteroatoms. The molecule has 0 radical (unpaired) electrons. The lowest BCUT2D eigenvalue weighted by atomic mass is 9.73. The van der Waals surface area contributed by atoms with Gasteiger partial charge in [0, 0.05) is 18.3 Å². The Morgan fingerprint density at radius 3 is 2.61 bits per heavy atom. The predicted octanol–water partition coefficient (Wildman–Crippen LogP) is 3.08. The topological polar surface area (TPSA) is 38.7 Å². The molecule has 0 amide bonds. The van der Waals surface area contributed by atoms with E-state index in [9.17, 15) is 13.2 Å². The third-order valence-corrected chi connectivity index (χ3v) is 3.38. The van der Waals surface area contributed by atoms with Gasteiger partial charge in [-0.05, 0) is 18.9 Å². The average Bonchev–Trinajstić information content (AvgIpc) is 2.25. The zero-order chi connectivity index (χ0) is 12.8. The highest BCUT2D eigenvalue weighted by Gasteiger charge is 2.48. The molecule has 0 spiro atoms. The number of pyridine rings is 1. The molecule has 0 aliphatic heterocycles. The molecule has 0 unspecified atom stereocenters. The highest BCUT2D eigenvalue weighted by Crippen LogP contribution is 2.48. The first-order valence-corrected chi connectivity index (χ1v) is 5.67. The van der Waals surface area contributed by atoms with Gasteiger partial charge in [-0.1, -0.05) is 0 Å². The first-order chi connectivity index (χ1) is 8.54. The Morgan fingerprint density at radius 2 is 1.89 bits per heavy atom. The van der Waals surface area contributed by atoms with Crippen LogP contribution in [0.5, 0.6) is 0 Å². The number of rotatable bonds is 1. The molecule has 94 valence electrons. The minimum absolute atomic E-state index is 0.120. The van der Waals surface area contributed by atoms with E-state index in [4.69, 9.17) is 0 Å². The standard InChI is InChI=1S/C12H10F3N3/c13-12(14,15)8-3-7(4-8)10-6-17-11-5-16-2-1-9(11)18-10/h1-2,5-8H,3-4H2. The van der Waals surface area contributed by atoms with Crippen molar-refractivity contribution in [2.45, 2.75) is 24.9 Å². The van der Waals surface area contributed by atoms with Gasteiger partial charge in [-0.2, -0.15) is 13.2 Å². The van der Waals surface area contributed by atoms with Crippen molar-refractivity contribution in [2.75, 3.05) is 0 Å². The van der Waals surface area contributed by atoms with Crippen LogP contribution in [0.15, 0.2) is 24.7 Å². The van der Waals surface area contributed by atoms with Crippen LogP contribution in [0.4, 0.5) is 13.2 Å². The Bertz CT molecular complexity index is 576. The van der Waals surface area contributed by atoms with Crippen LogP contribution in [0.2, 0.25) is 0 Å². The number of hydrogen-bond acceptors (Lipinski definition) is 3. The van der Waals surface area contributed by atoms with Crippen LogP contribution in [-0.2, 0) is 0 Å². The Hall–Kier alpha value is -1.72. The number of hydrogen-bond donors (Lipinski definition) is 0. The molecule has 3 nitrogen and oxygen atoms in total. The third kappa shape index (κ3) is 1.91. The van der Waals surface area contributed by atoms with E-state index in [2.05, 4.69) is 15.0 Å². The summed E-state index contributed by atoms with van der Waals surface area (Å²) >= 11 is 0. The van der Waals surface area contributed by atoms with Gasteiger partial charge in [0.1, 0.15) is 5.52 Å². The van der Waals surface area contributed by atoms with Gasteiger partial charge >= 0.3 is 6.18 Å². The fourth-order valence-electron chi connectivity index (χ4n) is 2.20. The number of halogens is 3. The molecule has 0 saturated heterocycles. The summed E-state index contributed by atoms with van der Waals surface area (Å²) in [6.07, 6.45) is 0.904. The highest BCUT2D eigenvalue weighted by atomic mass is 19.4. The maximum Gasteiger partial charge on any atom is 0.391 e. The van der Waals surface area contributed by atoms with Crippen LogP contribution in [0, 0.1) is 5.92 Å². The largest absolute Gasteiger partial charge is 0.391 e. The molecular formula is C12H10F3N3. The van der Waals surface area contributed by atoms with Crippen LogP contribution >= 0.6 is 0 Å². The van der Waals surface area contributed by atoms with Crippen LogP contribution in [0.3, 0.4) is 0 Å². The second-order valence-corrected chi connectivity index (χ2v) is 4.57. The average molecular weight is 253 g/mol. The van der Waals surface area contributed by atoms with Crippen LogP contribution in [0.25, 0.3) is 11.0 Å². The van der Waals surface area contributed by atoms with Crippen molar-refractivity contribution in [3.05, 3.63) is 30.4 Å². The second-order valence-electron chi connectivity index (χ2n) is 4.57. The van der Waals surface area contributed by atoms with Crippen molar-refractivity contribution < 1.29 is 13.2 Å². The van der Waals surface area contributed by atoms with Crippen molar-refractivity contribution in [3.63, 3.8) is 0 Å². The van der Waals surface area contributed by atoms with Gasteiger partial charge in [-0.3, -0.25) is 9.97 Å². The summed E-state index contributed by atoms with van der Waals surface area (Å²) < 4.78 is 37.2. The number of alkyl halides is 3. The summed E-state index contributed by atoms with van der Waals surface area (Å²) in [5, 5.41) is 0. The summed E-state index contributed by atoms with van der Waals surface area (Å²) in [5.74, 6) is -1.31. The normalized spacial score (nSPS) is 23.9. The minimum atomic E-state index is -4.08. The van der Waals surface area contributed by atoms with Gasteiger partial charge < -0.3 is 0 Å². The smallest absolute Gasteiger partial charge is 0.262 e. The van der Waals surface area contributed by atoms with Gasteiger partial charge in [0.25, 0.3) is 0 Å². The Morgan fingerprint density at radius 1 is 1.11 bits per heavy atom. The van der Waals surface area contributed by atoms with E-state index in [-0.39, 0.29) is 18.8 Å². The molecule has 1 aliphatic rings. The molecular weight excluding hydrogens is 243 g/mol. The number of fused-ring (bicyclic) bond motifs is 1. The van der Waals surface area contributed by atoms with Gasteiger partial charge in [0.15, 0.2) is 0 Å². The molecule has 0 bridgehead atoms. The van der Waals surface area contributed by atoms with E-state index >= 15 is 0 Å². The van der Waals surface area contributed by atoms with E-state index in [0.29, 0.717) is 16.7 Å². The fraction of sp³-hybridized carbons (Fsp3) is 0.417. The SMILES string of the molecule is FC(F)(F)C1CC(c2cnc3cnccc3n2)C1. The molecule has 1 fully saturated rings. The first kappa shape index (κ1) is 11.4. The van der Waals surface area contributed by atoms with Crippen molar-refractivity contribution in [2.24, 2.45) is 5.92 Å². The summed E-state index contributed by atoms with van der Waals surface area (Å²) in [6.45, 7) is 0. The number of aromatic nitrogens is 3. The monoisotopic (exact) mass is 253 g/mol. The molecule has 2 aromatic heterocycles. The van der Waals surface area contributed by atoms with Gasteiger partial charge in [-0.15, -0.1) is 0 Å². The lowest BCUT2D eigenvalue weighted by Crippen LogP contribution is -2.34. The molecule has 2 aromatic rings. The van der Waals surface area contributed by atoms with Gasteiger partial charge in [-0.25, -0.2) is 4.98 Å². The zero-order valence-electron chi connectivity index (χ0n) is 9.35. The molecule has 0 aromatic carbocycles. The maximum absolute atomic E-state index is 12.4. The molecule has 18 heavy (non-hydrogen) atoms. The highest BCUT2D eigenvalue weighted by molar-refractivity contribution is 5.72. The third-order valence-electron chi connectivity index (χ3n) is 3.38. The Labute approximate surface area is 101 Å².